The number of alkyl halides is 1. The summed E-state index contributed by atoms with van der Waals surface area (Å²) in [6.07, 6.45) is 7.31. The molecule has 1 saturated heterocycles. The highest BCUT2D eigenvalue weighted by atomic mass is 19.1. The smallest absolute Gasteiger partial charge is 0.0894 e. The van der Waals surface area contributed by atoms with Crippen molar-refractivity contribution in [3.05, 3.63) is 0 Å². The second-order valence-electron chi connectivity index (χ2n) is 3.20. The molecule has 0 aliphatic carbocycles. The van der Waals surface area contributed by atoms with Crippen molar-refractivity contribution in [2.24, 2.45) is 0 Å². The van der Waals surface area contributed by atoms with Gasteiger partial charge >= 0.3 is 0 Å². The fourth-order valence-corrected chi connectivity index (χ4v) is 1.23. The molecule has 1 heterocycles. The van der Waals surface area contributed by atoms with Crippen LogP contribution >= 0.6 is 0 Å². The second-order valence-corrected chi connectivity index (χ2v) is 3.20. The van der Waals surface area contributed by atoms with E-state index >= 15 is 0 Å². The summed E-state index contributed by atoms with van der Waals surface area (Å²) in [5, 5.41) is 0. The Morgan fingerprint density at radius 3 is 2.36 bits per heavy atom. The highest BCUT2D eigenvalue weighted by Gasteiger charge is 2.20. The van der Waals surface area contributed by atoms with Crippen molar-refractivity contribution in [2.75, 3.05) is 13.3 Å². The molecular weight excluding hydrogens is 143 g/mol. The zero-order valence-corrected chi connectivity index (χ0v) is 7.02. The number of epoxide rings is 1. The third kappa shape index (κ3) is 5.19. The second kappa shape index (κ2) is 5.53. The molecule has 1 unspecified atom stereocenters. The van der Waals surface area contributed by atoms with Crippen LogP contribution < -0.4 is 0 Å². The van der Waals surface area contributed by atoms with Crippen LogP contribution in [0.2, 0.25) is 0 Å². The van der Waals surface area contributed by atoms with Gasteiger partial charge < -0.3 is 4.74 Å². The molecule has 1 fully saturated rings. The first-order chi connectivity index (χ1) is 5.43. The van der Waals surface area contributed by atoms with Gasteiger partial charge in [0.1, 0.15) is 0 Å². The van der Waals surface area contributed by atoms with E-state index in [-0.39, 0.29) is 6.67 Å². The summed E-state index contributed by atoms with van der Waals surface area (Å²) in [5.74, 6) is 0. The minimum absolute atomic E-state index is 0.147. The zero-order chi connectivity index (χ0) is 7.94. The van der Waals surface area contributed by atoms with Crippen LogP contribution in [-0.2, 0) is 4.74 Å². The van der Waals surface area contributed by atoms with E-state index in [2.05, 4.69) is 0 Å². The van der Waals surface area contributed by atoms with Crippen molar-refractivity contribution in [1.82, 2.24) is 0 Å². The first kappa shape index (κ1) is 8.98. The van der Waals surface area contributed by atoms with Crippen LogP contribution in [0.4, 0.5) is 4.39 Å². The van der Waals surface area contributed by atoms with E-state index in [0.29, 0.717) is 6.10 Å². The van der Waals surface area contributed by atoms with E-state index in [1.54, 1.807) is 0 Å². The summed E-state index contributed by atoms with van der Waals surface area (Å²) in [6.45, 7) is 0.830. The lowest BCUT2D eigenvalue weighted by atomic mass is 10.1. The topological polar surface area (TPSA) is 12.5 Å². The summed E-state index contributed by atoms with van der Waals surface area (Å²) in [4.78, 5) is 0. The Balaban J connectivity index is 1.66. The number of hydrogen-bond acceptors (Lipinski definition) is 1. The molecule has 66 valence electrons. The highest BCUT2D eigenvalue weighted by molar-refractivity contribution is 4.68. The Labute approximate surface area is 67.9 Å². The number of halogens is 1. The van der Waals surface area contributed by atoms with Gasteiger partial charge in [-0.3, -0.25) is 4.39 Å². The van der Waals surface area contributed by atoms with E-state index in [0.717, 1.165) is 19.4 Å². The normalized spacial score (nSPS) is 22.1. The van der Waals surface area contributed by atoms with E-state index in [4.69, 9.17) is 4.74 Å². The lowest BCUT2D eigenvalue weighted by Crippen LogP contribution is -1.86. The Morgan fingerprint density at radius 2 is 1.73 bits per heavy atom. The van der Waals surface area contributed by atoms with Crippen LogP contribution in [-0.4, -0.2) is 19.4 Å². The number of unbranched alkanes of at least 4 members (excludes halogenated alkanes) is 4. The van der Waals surface area contributed by atoms with Gasteiger partial charge in [0.2, 0.25) is 0 Å². The molecule has 11 heavy (non-hydrogen) atoms. The Kier molecular flexibility index (Phi) is 4.51. The van der Waals surface area contributed by atoms with Crippen LogP contribution in [0.3, 0.4) is 0 Å². The molecule has 1 atom stereocenters. The lowest BCUT2D eigenvalue weighted by molar-refractivity contribution is 0.386. The van der Waals surface area contributed by atoms with Crippen molar-refractivity contribution in [3.8, 4) is 0 Å². The minimum Gasteiger partial charge on any atom is -0.373 e. The third-order valence-electron chi connectivity index (χ3n) is 2.06. The quantitative estimate of drug-likeness (QED) is 0.412. The van der Waals surface area contributed by atoms with Gasteiger partial charge in [0, 0.05) is 0 Å². The molecule has 0 aromatic carbocycles. The molecule has 1 rings (SSSR count). The van der Waals surface area contributed by atoms with Crippen molar-refractivity contribution in [3.63, 3.8) is 0 Å². The number of ether oxygens (including phenoxy) is 1. The van der Waals surface area contributed by atoms with Gasteiger partial charge in [-0.05, 0) is 12.8 Å². The molecule has 0 aromatic rings. The van der Waals surface area contributed by atoms with Crippen molar-refractivity contribution in [1.29, 1.82) is 0 Å². The van der Waals surface area contributed by atoms with Gasteiger partial charge in [-0.2, -0.15) is 0 Å². The molecule has 0 aromatic heterocycles. The predicted molar refractivity (Wildman–Crippen MR) is 43.4 cm³/mol. The molecule has 0 radical (unpaired) electrons. The van der Waals surface area contributed by atoms with Crippen LogP contribution in [0.1, 0.15) is 38.5 Å². The van der Waals surface area contributed by atoms with E-state index in [1.165, 1.54) is 25.7 Å². The number of hydrogen-bond donors (Lipinski definition) is 0. The maximum Gasteiger partial charge on any atom is 0.0894 e. The molecule has 0 amide bonds. The molecule has 1 aliphatic rings. The summed E-state index contributed by atoms with van der Waals surface area (Å²) < 4.78 is 16.7. The molecular formula is C9H17FO. The van der Waals surface area contributed by atoms with Gasteiger partial charge in [-0.1, -0.05) is 25.7 Å². The molecule has 1 aliphatic heterocycles. The van der Waals surface area contributed by atoms with Gasteiger partial charge in [-0.15, -0.1) is 0 Å². The lowest BCUT2D eigenvalue weighted by Gasteiger charge is -1.96. The van der Waals surface area contributed by atoms with Crippen LogP contribution in [0.15, 0.2) is 0 Å². The average molecular weight is 160 g/mol. The monoisotopic (exact) mass is 160 g/mol. The molecule has 0 saturated carbocycles. The summed E-state index contributed by atoms with van der Waals surface area (Å²) >= 11 is 0. The first-order valence-electron chi connectivity index (χ1n) is 4.61. The van der Waals surface area contributed by atoms with Crippen LogP contribution in [0.25, 0.3) is 0 Å². The van der Waals surface area contributed by atoms with Crippen molar-refractivity contribution in [2.45, 2.75) is 44.6 Å². The first-order valence-corrected chi connectivity index (χ1v) is 4.61. The Bertz CT molecular complexity index is 91.6. The average Bonchev–Trinajstić information content (AvgIpc) is 2.80. The molecule has 1 nitrogen and oxygen atoms in total. The number of rotatable bonds is 7. The largest absolute Gasteiger partial charge is 0.373 e. The Morgan fingerprint density at radius 1 is 1.09 bits per heavy atom. The van der Waals surface area contributed by atoms with Gasteiger partial charge in [-0.25, -0.2) is 0 Å². The van der Waals surface area contributed by atoms with E-state index < -0.39 is 0 Å². The SMILES string of the molecule is FCCCCCCCC1CO1. The Hall–Kier alpha value is -0.110. The van der Waals surface area contributed by atoms with E-state index in [1.807, 2.05) is 0 Å². The third-order valence-corrected chi connectivity index (χ3v) is 2.06. The van der Waals surface area contributed by atoms with Crippen LogP contribution in [0.5, 0.6) is 0 Å². The fourth-order valence-electron chi connectivity index (χ4n) is 1.23. The van der Waals surface area contributed by atoms with Crippen molar-refractivity contribution < 1.29 is 9.13 Å². The fraction of sp³-hybridized carbons (Fsp3) is 1.00. The maximum absolute atomic E-state index is 11.6. The zero-order valence-electron chi connectivity index (χ0n) is 7.02. The molecule has 2 heteroatoms. The van der Waals surface area contributed by atoms with Gasteiger partial charge in [0.25, 0.3) is 0 Å². The maximum atomic E-state index is 11.6. The van der Waals surface area contributed by atoms with Gasteiger partial charge in [0.05, 0.1) is 19.4 Å². The summed E-state index contributed by atoms with van der Waals surface area (Å²) in [7, 11) is 0. The minimum atomic E-state index is -0.147. The highest BCUT2D eigenvalue weighted by Crippen LogP contribution is 2.17. The van der Waals surface area contributed by atoms with Gasteiger partial charge in [0.15, 0.2) is 0 Å². The standard InChI is InChI=1S/C9H17FO/c10-7-5-3-1-2-4-6-9-8-11-9/h9H,1-8H2. The predicted octanol–water partition coefficient (Wildman–Crippen LogP) is 2.70. The molecule has 0 bridgehead atoms. The molecule has 0 N–H and O–H groups in total. The molecule has 0 spiro atoms. The van der Waals surface area contributed by atoms with E-state index in [9.17, 15) is 4.39 Å². The summed E-state index contributed by atoms with van der Waals surface area (Å²) in [5.41, 5.74) is 0. The van der Waals surface area contributed by atoms with Crippen LogP contribution in [0, 0.1) is 0 Å². The summed E-state index contributed by atoms with van der Waals surface area (Å²) in [6, 6.07) is 0. The van der Waals surface area contributed by atoms with Crippen molar-refractivity contribution >= 4 is 0 Å².